The molecule has 1 aliphatic heterocycles. The smallest absolute Gasteiger partial charge is 0.222 e. The molecular weight excluding hydrogens is 250 g/mol. The Morgan fingerprint density at radius 1 is 1.30 bits per heavy atom. The lowest BCUT2D eigenvalue weighted by Crippen LogP contribution is -2.46. The van der Waals surface area contributed by atoms with Gasteiger partial charge in [0.05, 0.1) is 11.6 Å². The van der Waals surface area contributed by atoms with E-state index in [1.807, 2.05) is 32.2 Å². The van der Waals surface area contributed by atoms with Gasteiger partial charge in [0, 0.05) is 30.6 Å². The van der Waals surface area contributed by atoms with Crippen molar-refractivity contribution in [1.29, 1.82) is 0 Å². The number of carbonyl (C=O) groups is 1. The van der Waals surface area contributed by atoms with Crippen LogP contribution in [-0.4, -0.2) is 28.9 Å². The minimum absolute atomic E-state index is 0.00597. The zero-order valence-electron chi connectivity index (χ0n) is 11.8. The molecular formula is C16H19N3O. The number of piperidine rings is 1. The number of amides is 1. The van der Waals surface area contributed by atoms with Gasteiger partial charge < -0.3 is 10.6 Å². The van der Waals surface area contributed by atoms with Crippen LogP contribution in [-0.2, 0) is 4.79 Å². The van der Waals surface area contributed by atoms with Gasteiger partial charge in [0.1, 0.15) is 0 Å². The van der Waals surface area contributed by atoms with E-state index in [2.05, 4.69) is 17.1 Å². The second-order valence-electron chi connectivity index (χ2n) is 5.56. The quantitative estimate of drug-likeness (QED) is 0.863. The first-order valence-corrected chi connectivity index (χ1v) is 6.95. The summed E-state index contributed by atoms with van der Waals surface area (Å²) in [5, 5.41) is 1.09. The lowest BCUT2D eigenvalue weighted by molar-refractivity contribution is -0.135. The van der Waals surface area contributed by atoms with Crippen molar-refractivity contribution in [2.24, 2.45) is 5.73 Å². The number of rotatable bonds is 1. The summed E-state index contributed by atoms with van der Waals surface area (Å²) in [4.78, 5) is 18.2. The van der Waals surface area contributed by atoms with Crippen LogP contribution in [0, 0.1) is 6.92 Å². The molecule has 2 atom stereocenters. The first-order chi connectivity index (χ1) is 9.56. The van der Waals surface area contributed by atoms with E-state index in [1.165, 1.54) is 0 Å². The summed E-state index contributed by atoms with van der Waals surface area (Å²) in [7, 11) is 1.84. The molecule has 2 unspecified atom stereocenters. The highest BCUT2D eigenvalue weighted by Gasteiger charge is 2.32. The second kappa shape index (κ2) is 4.87. The number of hydrogen-bond donors (Lipinski definition) is 1. The zero-order valence-corrected chi connectivity index (χ0v) is 11.8. The number of likely N-dealkylation sites (tertiary alicyclic amines) is 1. The molecule has 2 N–H and O–H groups in total. The van der Waals surface area contributed by atoms with Gasteiger partial charge in [-0.1, -0.05) is 12.1 Å². The van der Waals surface area contributed by atoms with Crippen molar-refractivity contribution in [3.8, 4) is 0 Å². The highest BCUT2D eigenvalue weighted by atomic mass is 16.2. The highest BCUT2D eigenvalue weighted by Crippen LogP contribution is 2.31. The molecule has 0 spiro atoms. The maximum atomic E-state index is 11.9. The maximum Gasteiger partial charge on any atom is 0.222 e. The van der Waals surface area contributed by atoms with Crippen molar-refractivity contribution >= 4 is 16.8 Å². The minimum Gasteiger partial charge on any atom is -0.337 e. The third kappa shape index (κ3) is 2.16. The van der Waals surface area contributed by atoms with Crippen molar-refractivity contribution in [3.05, 3.63) is 41.6 Å². The minimum atomic E-state index is -0.0399. The number of likely N-dealkylation sites (N-methyl/N-ethyl adjacent to an activating group) is 1. The number of nitrogens with two attached hydrogens (primary N) is 1. The molecule has 1 aromatic carbocycles. The van der Waals surface area contributed by atoms with E-state index in [4.69, 9.17) is 5.73 Å². The van der Waals surface area contributed by atoms with Crippen LogP contribution in [0.3, 0.4) is 0 Å². The molecule has 20 heavy (non-hydrogen) atoms. The Balaban J connectivity index is 2.04. The van der Waals surface area contributed by atoms with E-state index in [0.717, 1.165) is 28.6 Å². The Labute approximate surface area is 118 Å². The molecule has 104 valence electrons. The fourth-order valence-corrected chi connectivity index (χ4v) is 2.97. The van der Waals surface area contributed by atoms with Crippen LogP contribution in [0.5, 0.6) is 0 Å². The van der Waals surface area contributed by atoms with Gasteiger partial charge in [-0.2, -0.15) is 0 Å². The molecule has 3 rings (SSSR count). The number of pyridine rings is 1. The SMILES string of the molecule is Cc1ccc2cc(C3C(N)CCC(=O)N3C)ccc2n1. The summed E-state index contributed by atoms with van der Waals surface area (Å²) in [5.41, 5.74) is 9.30. The van der Waals surface area contributed by atoms with Crippen LogP contribution >= 0.6 is 0 Å². The van der Waals surface area contributed by atoms with E-state index in [1.54, 1.807) is 4.90 Å². The summed E-state index contributed by atoms with van der Waals surface area (Å²) in [6.07, 6.45) is 1.29. The van der Waals surface area contributed by atoms with Crippen molar-refractivity contribution in [2.75, 3.05) is 7.05 Å². The molecule has 2 aromatic rings. The normalized spacial score (nSPS) is 23.4. The first-order valence-electron chi connectivity index (χ1n) is 6.95. The Bertz CT molecular complexity index is 668. The third-order valence-electron chi connectivity index (χ3n) is 4.10. The predicted molar refractivity (Wildman–Crippen MR) is 79.2 cm³/mol. The summed E-state index contributed by atoms with van der Waals surface area (Å²) in [6.45, 7) is 1.98. The third-order valence-corrected chi connectivity index (χ3v) is 4.10. The molecule has 1 saturated heterocycles. The summed E-state index contributed by atoms with van der Waals surface area (Å²) in [5.74, 6) is 0.166. The fourth-order valence-electron chi connectivity index (χ4n) is 2.97. The topological polar surface area (TPSA) is 59.2 Å². The van der Waals surface area contributed by atoms with Crippen LogP contribution in [0.25, 0.3) is 10.9 Å². The van der Waals surface area contributed by atoms with Gasteiger partial charge in [0.25, 0.3) is 0 Å². The number of aromatic nitrogens is 1. The molecule has 1 aromatic heterocycles. The van der Waals surface area contributed by atoms with Crippen LogP contribution in [0.1, 0.15) is 30.1 Å². The summed E-state index contributed by atoms with van der Waals surface area (Å²) >= 11 is 0. The van der Waals surface area contributed by atoms with E-state index in [9.17, 15) is 4.79 Å². The van der Waals surface area contributed by atoms with Crippen LogP contribution < -0.4 is 5.73 Å². The van der Waals surface area contributed by atoms with Crippen molar-refractivity contribution < 1.29 is 4.79 Å². The fraction of sp³-hybridized carbons (Fsp3) is 0.375. The standard InChI is InChI=1S/C16H19N3O/c1-10-3-4-11-9-12(5-7-14(11)18-10)16-13(17)6-8-15(20)19(16)2/h3-5,7,9,13,16H,6,8,17H2,1-2H3. The number of aryl methyl sites for hydroxylation is 1. The van der Waals surface area contributed by atoms with Gasteiger partial charge in [-0.3, -0.25) is 9.78 Å². The molecule has 1 fully saturated rings. The number of nitrogens with zero attached hydrogens (tertiary/aromatic N) is 2. The molecule has 1 amide bonds. The monoisotopic (exact) mass is 269 g/mol. The van der Waals surface area contributed by atoms with Crippen LogP contribution in [0.15, 0.2) is 30.3 Å². The number of carbonyl (C=O) groups excluding carboxylic acids is 1. The maximum absolute atomic E-state index is 11.9. The Hall–Kier alpha value is -1.94. The van der Waals surface area contributed by atoms with Crippen molar-refractivity contribution in [1.82, 2.24) is 9.88 Å². The van der Waals surface area contributed by atoms with Crippen LogP contribution in [0.4, 0.5) is 0 Å². The number of fused-ring (bicyclic) bond motifs is 1. The lowest BCUT2D eigenvalue weighted by Gasteiger charge is -2.37. The van der Waals surface area contributed by atoms with Gasteiger partial charge in [0.2, 0.25) is 5.91 Å². The molecule has 0 saturated carbocycles. The average molecular weight is 269 g/mol. The van der Waals surface area contributed by atoms with Gasteiger partial charge in [-0.15, -0.1) is 0 Å². The average Bonchev–Trinajstić information content (AvgIpc) is 2.43. The molecule has 0 radical (unpaired) electrons. The predicted octanol–water partition coefficient (Wildman–Crippen LogP) is 2.16. The largest absolute Gasteiger partial charge is 0.337 e. The van der Waals surface area contributed by atoms with Crippen molar-refractivity contribution in [3.63, 3.8) is 0 Å². The van der Waals surface area contributed by atoms with Gasteiger partial charge in [-0.05, 0) is 37.1 Å². The van der Waals surface area contributed by atoms with Gasteiger partial charge in [0.15, 0.2) is 0 Å². The Morgan fingerprint density at radius 2 is 2.10 bits per heavy atom. The van der Waals surface area contributed by atoms with E-state index in [-0.39, 0.29) is 18.0 Å². The number of benzene rings is 1. The summed E-state index contributed by atoms with van der Waals surface area (Å²) in [6, 6.07) is 10.2. The molecule has 2 heterocycles. The first kappa shape index (κ1) is 13.1. The van der Waals surface area contributed by atoms with E-state index in [0.29, 0.717) is 6.42 Å². The highest BCUT2D eigenvalue weighted by molar-refractivity contribution is 5.81. The Kier molecular flexibility index (Phi) is 3.18. The number of hydrogen-bond acceptors (Lipinski definition) is 3. The molecule has 1 aliphatic rings. The van der Waals surface area contributed by atoms with E-state index >= 15 is 0 Å². The van der Waals surface area contributed by atoms with Crippen molar-refractivity contribution in [2.45, 2.75) is 31.8 Å². The van der Waals surface area contributed by atoms with E-state index < -0.39 is 0 Å². The second-order valence-corrected chi connectivity index (χ2v) is 5.56. The Morgan fingerprint density at radius 3 is 2.90 bits per heavy atom. The zero-order chi connectivity index (χ0) is 14.3. The molecule has 0 bridgehead atoms. The molecule has 4 heteroatoms. The summed E-state index contributed by atoms with van der Waals surface area (Å²) < 4.78 is 0. The van der Waals surface area contributed by atoms with Gasteiger partial charge in [-0.25, -0.2) is 0 Å². The lowest BCUT2D eigenvalue weighted by atomic mass is 9.90. The molecule has 0 aliphatic carbocycles. The van der Waals surface area contributed by atoms with Crippen LogP contribution in [0.2, 0.25) is 0 Å². The molecule has 4 nitrogen and oxygen atoms in total. The van der Waals surface area contributed by atoms with Gasteiger partial charge >= 0.3 is 0 Å².